The van der Waals surface area contributed by atoms with Gasteiger partial charge in [0.1, 0.15) is 23.7 Å². The summed E-state index contributed by atoms with van der Waals surface area (Å²) in [5.74, 6) is 3.03. The number of fused-ring (bicyclic) bond motifs is 1. The number of ether oxygens (including phenoxy) is 1. The fourth-order valence-corrected chi connectivity index (χ4v) is 5.75. The van der Waals surface area contributed by atoms with Crippen LogP contribution in [0, 0.1) is 12.8 Å². The number of methoxy groups -OCH3 is 1. The van der Waals surface area contributed by atoms with Crippen molar-refractivity contribution in [2.75, 3.05) is 12.4 Å². The zero-order valence-electron chi connectivity index (χ0n) is 17.4. The molecule has 2 aromatic heterocycles. The summed E-state index contributed by atoms with van der Waals surface area (Å²) in [6.07, 6.45) is 4.99. The number of carbonyl (C=O) groups excluding carboxylic acids is 1. The molecule has 0 saturated heterocycles. The van der Waals surface area contributed by atoms with Gasteiger partial charge in [-0.2, -0.15) is 0 Å². The van der Waals surface area contributed by atoms with E-state index in [0.29, 0.717) is 5.92 Å². The van der Waals surface area contributed by atoms with Gasteiger partial charge in [-0.05, 0) is 79.1 Å². The molecular weight excluding hydrogens is 462 g/mol. The Labute approximate surface area is 189 Å². The zero-order valence-corrected chi connectivity index (χ0v) is 19.8. The summed E-state index contributed by atoms with van der Waals surface area (Å²) < 4.78 is 6.83. The van der Waals surface area contributed by atoms with Gasteiger partial charge in [0.05, 0.1) is 18.7 Å². The lowest BCUT2D eigenvalue weighted by atomic mass is 9.78. The molecule has 158 valence electrons. The van der Waals surface area contributed by atoms with E-state index in [0.717, 1.165) is 64.7 Å². The summed E-state index contributed by atoms with van der Waals surface area (Å²) >= 11 is 5.26. The lowest BCUT2D eigenvalue weighted by Crippen LogP contribution is -2.15. The number of aldehydes is 1. The Morgan fingerprint density at radius 2 is 2.00 bits per heavy atom. The maximum Gasteiger partial charge on any atom is 0.138 e. The van der Waals surface area contributed by atoms with Gasteiger partial charge in [0, 0.05) is 32.1 Å². The number of aryl methyl sites for hydroxylation is 1. The summed E-state index contributed by atoms with van der Waals surface area (Å²) in [4.78, 5) is 21.8. The van der Waals surface area contributed by atoms with Crippen LogP contribution < -0.4 is 10.1 Å². The Balaban J connectivity index is 1.72. The lowest BCUT2D eigenvalue weighted by molar-refractivity contribution is -0.111. The topological polar surface area (TPSA) is 64.1 Å². The molecule has 0 amide bonds. The van der Waals surface area contributed by atoms with E-state index in [1.54, 1.807) is 18.4 Å². The van der Waals surface area contributed by atoms with Gasteiger partial charge in [-0.1, -0.05) is 0 Å². The number of hydrogen-bond donors (Lipinski definition) is 1. The molecule has 0 aliphatic heterocycles. The average molecular weight is 488 g/mol. The molecule has 0 unspecified atom stereocenters. The molecule has 7 heteroatoms. The van der Waals surface area contributed by atoms with E-state index in [1.807, 2.05) is 13.0 Å². The quantitative estimate of drug-likeness (QED) is 0.406. The predicted molar refractivity (Wildman–Crippen MR) is 126 cm³/mol. The number of aromatic nitrogens is 2. The van der Waals surface area contributed by atoms with E-state index < -0.39 is 0 Å². The molecule has 30 heavy (non-hydrogen) atoms. The number of rotatable bonds is 6. The van der Waals surface area contributed by atoms with Gasteiger partial charge < -0.3 is 14.8 Å². The summed E-state index contributed by atoms with van der Waals surface area (Å²) in [5.41, 5.74) is 2.07. The number of benzene rings is 1. The third-order valence-corrected chi connectivity index (χ3v) is 7.81. The molecule has 1 fully saturated rings. The van der Waals surface area contributed by atoms with E-state index in [4.69, 9.17) is 9.72 Å². The van der Waals surface area contributed by atoms with Crippen molar-refractivity contribution in [3.63, 3.8) is 0 Å². The SMILES string of the molecule is COc1cc2nc(C)nc(N[C@H](C)c3cc(Br)cs3)c2cc1C1CCC(C=O)CC1. The normalized spacial score (nSPS) is 20.1. The number of anilines is 1. The van der Waals surface area contributed by atoms with Crippen LogP contribution in [0.15, 0.2) is 28.1 Å². The Kier molecular flexibility index (Phi) is 6.39. The Bertz CT molecular complexity index is 1060. The second kappa shape index (κ2) is 9.02. The zero-order chi connectivity index (χ0) is 21.3. The third-order valence-electron chi connectivity index (χ3n) is 5.93. The standard InChI is InChI=1S/C23H26BrN3O2S/c1-13(22-8-17(24)12-30-22)25-23-19-9-18(16-6-4-15(11-28)5-7-16)21(29-3)10-20(19)26-14(2)27-23/h8-13,15-16H,4-7H2,1-3H3,(H,25,26,27)/t13-,15?,16?/m1/s1. The molecular formula is C23H26BrN3O2S. The van der Waals surface area contributed by atoms with Gasteiger partial charge in [0.25, 0.3) is 0 Å². The van der Waals surface area contributed by atoms with Gasteiger partial charge in [-0.3, -0.25) is 0 Å². The Morgan fingerprint density at radius 1 is 1.23 bits per heavy atom. The number of hydrogen-bond acceptors (Lipinski definition) is 6. The van der Waals surface area contributed by atoms with Crippen LogP contribution in [0.5, 0.6) is 5.75 Å². The minimum Gasteiger partial charge on any atom is -0.496 e. The molecule has 5 nitrogen and oxygen atoms in total. The summed E-state index contributed by atoms with van der Waals surface area (Å²) in [6, 6.07) is 6.49. The highest BCUT2D eigenvalue weighted by Gasteiger charge is 2.25. The van der Waals surface area contributed by atoms with Crippen molar-refractivity contribution < 1.29 is 9.53 Å². The molecule has 1 N–H and O–H groups in total. The summed E-state index contributed by atoms with van der Waals surface area (Å²) in [7, 11) is 1.71. The number of carbonyl (C=O) groups is 1. The molecule has 1 aliphatic carbocycles. The summed E-state index contributed by atoms with van der Waals surface area (Å²) in [5, 5.41) is 6.69. The van der Waals surface area contributed by atoms with Gasteiger partial charge >= 0.3 is 0 Å². The maximum atomic E-state index is 11.1. The van der Waals surface area contributed by atoms with Crippen LogP contribution >= 0.6 is 27.3 Å². The van der Waals surface area contributed by atoms with E-state index in [1.165, 1.54) is 10.4 Å². The van der Waals surface area contributed by atoms with Crippen LogP contribution in [-0.2, 0) is 4.79 Å². The highest BCUT2D eigenvalue weighted by Crippen LogP contribution is 2.41. The van der Waals surface area contributed by atoms with Crippen molar-refractivity contribution in [3.05, 3.63) is 44.3 Å². The molecule has 1 saturated carbocycles. The van der Waals surface area contributed by atoms with Gasteiger partial charge in [-0.15, -0.1) is 11.3 Å². The first-order chi connectivity index (χ1) is 14.5. The Hall–Kier alpha value is -1.99. The molecule has 4 rings (SSSR count). The van der Waals surface area contributed by atoms with Crippen molar-refractivity contribution in [1.29, 1.82) is 0 Å². The molecule has 3 aromatic rings. The monoisotopic (exact) mass is 487 g/mol. The first-order valence-corrected chi connectivity index (χ1v) is 12.0. The van der Waals surface area contributed by atoms with Crippen molar-refractivity contribution in [2.45, 2.75) is 51.5 Å². The lowest BCUT2D eigenvalue weighted by Gasteiger charge is -2.27. The molecule has 0 bridgehead atoms. The van der Waals surface area contributed by atoms with E-state index in [-0.39, 0.29) is 12.0 Å². The maximum absolute atomic E-state index is 11.1. The highest BCUT2D eigenvalue weighted by atomic mass is 79.9. The van der Waals surface area contributed by atoms with Gasteiger partial charge in [0.2, 0.25) is 0 Å². The second-order valence-corrected chi connectivity index (χ2v) is 9.87. The van der Waals surface area contributed by atoms with Crippen molar-refractivity contribution in [1.82, 2.24) is 9.97 Å². The molecule has 0 spiro atoms. The van der Waals surface area contributed by atoms with E-state index in [2.05, 4.69) is 50.7 Å². The predicted octanol–water partition coefficient (Wildman–Crippen LogP) is 6.42. The van der Waals surface area contributed by atoms with Crippen LogP contribution in [0.3, 0.4) is 0 Å². The van der Waals surface area contributed by atoms with Crippen molar-refractivity contribution in [3.8, 4) is 5.75 Å². The van der Waals surface area contributed by atoms with Crippen LogP contribution in [0.2, 0.25) is 0 Å². The van der Waals surface area contributed by atoms with E-state index in [9.17, 15) is 4.79 Å². The first kappa shape index (κ1) is 21.2. The van der Waals surface area contributed by atoms with Crippen molar-refractivity contribution >= 4 is 50.3 Å². The van der Waals surface area contributed by atoms with E-state index >= 15 is 0 Å². The average Bonchev–Trinajstić information content (AvgIpc) is 3.19. The van der Waals surface area contributed by atoms with Crippen LogP contribution in [0.4, 0.5) is 5.82 Å². The summed E-state index contributed by atoms with van der Waals surface area (Å²) in [6.45, 7) is 4.06. The first-order valence-electron chi connectivity index (χ1n) is 10.3. The molecule has 2 heterocycles. The second-order valence-electron chi connectivity index (χ2n) is 8.01. The minimum absolute atomic E-state index is 0.132. The van der Waals surface area contributed by atoms with Gasteiger partial charge in [0.15, 0.2) is 0 Å². The smallest absolute Gasteiger partial charge is 0.138 e. The fraction of sp³-hybridized carbons (Fsp3) is 0.435. The van der Waals surface area contributed by atoms with Crippen LogP contribution in [-0.4, -0.2) is 23.4 Å². The minimum atomic E-state index is 0.132. The largest absolute Gasteiger partial charge is 0.496 e. The van der Waals surface area contributed by atoms with Crippen molar-refractivity contribution in [2.24, 2.45) is 5.92 Å². The number of nitrogens with zero attached hydrogens (tertiary/aromatic N) is 2. The molecule has 0 radical (unpaired) electrons. The third kappa shape index (κ3) is 4.37. The van der Waals surface area contributed by atoms with Gasteiger partial charge in [-0.25, -0.2) is 9.97 Å². The van der Waals surface area contributed by atoms with Crippen LogP contribution in [0.25, 0.3) is 10.9 Å². The molecule has 1 atom stereocenters. The highest BCUT2D eigenvalue weighted by molar-refractivity contribution is 9.10. The molecule has 1 aromatic carbocycles. The fourth-order valence-electron chi connectivity index (χ4n) is 4.29. The van der Waals surface area contributed by atoms with Crippen LogP contribution in [0.1, 0.15) is 60.8 Å². The molecule has 1 aliphatic rings. The number of thiophene rings is 1. The number of nitrogens with one attached hydrogen (secondary N) is 1. The number of halogens is 1. The Morgan fingerprint density at radius 3 is 2.63 bits per heavy atom.